The van der Waals surface area contributed by atoms with E-state index in [0.29, 0.717) is 12.5 Å². The van der Waals surface area contributed by atoms with Crippen molar-refractivity contribution in [1.29, 1.82) is 0 Å². The van der Waals surface area contributed by atoms with E-state index in [9.17, 15) is 4.79 Å². The Labute approximate surface area is 121 Å². The van der Waals surface area contributed by atoms with Crippen molar-refractivity contribution in [2.24, 2.45) is 7.05 Å². The van der Waals surface area contributed by atoms with Crippen molar-refractivity contribution >= 4 is 17.7 Å². The molecule has 1 N–H and O–H groups in total. The molecule has 20 heavy (non-hydrogen) atoms. The average molecular weight is 294 g/mol. The normalized spacial score (nSPS) is 11.2. The van der Waals surface area contributed by atoms with Crippen molar-refractivity contribution in [2.45, 2.75) is 31.5 Å². The summed E-state index contributed by atoms with van der Waals surface area (Å²) < 4.78 is 4.00. The molecule has 0 radical (unpaired) electrons. The first-order valence-electron chi connectivity index (χ1n) is 6.35. The minimum atomic E-state index is -0.840. The number of nitrogens with zero attached hydrogens (tertiary/aromatic N) is 4. The number of aryl methyl sites for hydroxylation is 1. The van der Waals surface area contributed by atoms with Gasteiger partial charge >= 0.3 is 5.97 Å². The molecule has 2 rings (SSSR count). The Kier molecular flexibility index (Phi) is 4.49. The lowest BCUT2D eigenvalue weighted by Crippen LogP contribution is -2.11. The van der Waals surface area contributed by atoms with Gasteiger partial charge in [-0.25, -0.2) is 9.97 Å². The van der Waals surface area contributed by atoms with Gasteiger partial charge in [-0.2, -0.15) is 0 Å². The fourth-order valence-electron chi connectivity index (χ4n) is 1.92. The maximum Gasteiger partial charge on any atom is 0.313 e. The van der Waals surface area contributed by atoms with Gasteiger partial charge in [-0.3, -0.25) is 4.79 Å². The SMILES string of the molecule is CC(C)c1cnc(SCC(=O)O)n1Cc1nccn1C. The number of hydrogen-bond acceptors (Lipinski definition) is 4. The highest BCUT2D eigenvalue weighted by Crippen LogP contribution is 2.24. The van der Waals surface area contributed by atoms with Crippen molar-refractivity contribution in [3.05, 3.63) is 30.1 Å². The first kappa shape index (κ1) is 14.6. The molecule has 0 unspecified atom stereocenters. The van der Waals surface area contributed by atoms with E-state index >= 15 is 0 Å². The lowest BCUT2D eigenvalue weighted by molar-refractivity contribution is -0.133. The number of hydrogen-bond donors (Lipinski definition) is 1. The monoisotopic (exact) mass is 294 g/mol. The third-order valence-electron chi connectivity index (χ3n) is 2.99. The Morgan fingerprint density at radius 3 is 2.75 bits per heavy atom. The molecule has 0 aliphatic heterocycles. The molecule has 2 aromatic heterocycles. The molecule has 2 heterocycles. The van der Waals surface area contributed by atoms with Crippen LogP contribution in [0, 0.1) is 0 Å². The predicted octanol–water partition coefficient (Wildman–Crippen LogP) is 1.96. The van der Waals surface area contributed by atoms with Gasteiger partial charge in [-0.15, -0.1) is 0 Å². The van der Waals surface area contributed by atoms with Crippen LogP contribution in [0.1, 0.15) is 31.3 Å². The number of carboxylic acid groups (broad SMARTS) is 1. The topological polar surface area (TPSA) is 72.9 Å². The second-order valence-corrected chi connectivity index (χ2v) is 5.79. The van der Waals surface area contributed by atoms with E-state index in [1.807, 2.05) is 28.6 Å². The summed E-state index contributed by atoms with van der Waals surface area (Å²) in [6.07, 6.45) is 5.47. The molecule has 0 saturated carbocycles. The highest BCUT2D eigenvalue weighted by atomic mass is 32.2. The molecule has 0 amide bonds. The lowest BCUT2D eigenvalue weighted by atomic mass is 10.1. The number of aliphatic carboxylic acids is 1. The Morgan fingerprint density at radius 2 is 2.20 bits per heavy atom. The van der Waals surface area contributed by atoms with Crippen LogP contribution >= 0.6 is 11.8 Å². The van der Waals surface area contributed by atoms with Gasteiger partial charge in [0, 0.05) is 31.3 Å². The van der Waals surface area contributed by atoms with Gasteiger partial charge in [0.05, 0.1) is 12.3 Å². The van der Waals surface area contributed by atoms with Crippen LogP contribution < -0.4 is 0 Å². The zero-order valence-corrected chi connectivity index (χ0v) is 12.6. The molecule has 0 spiro atoms. The van der Waals surface area contributed by atoms with Gasteiger partial charge in [0.1, 0.15) is 5.82 Å². The second-order valence-electron chi connectivity index (χ2n) is 4.84. The van der Waals surface area contributed by atoms with Crippen molar-refractivity contribution in [3.8, 4) is 0 Å². The largest absolute Gasteiger partial charge is 0.481 e. The van der Waals surface area contributed by atoms with E-state index in [1.165, 1.54) is 11.8 Å². The molecule has 0 fully saturated rings. The minimum absolute atomic E-state index is 0.00904. The van der Waals surface area contributed by atoms with Gasteiger partial charge in [0.2, 0.25) is 0 Å². The van der Waals surface area contributed by atoms with Crippen LogP contribution in [0.15, 0.2) is 23.7 Å². The molecule has 6 nitrogen and oxygen atoms in total. The Balaban J connectivity index is 2.29. The molecule has 0 aliphatic carbocycles. The number of rotatable bonds is 6. The van der Waals surface area contributed by atoms with Crippen LogP contribution in [0.25, 0.3) is 0 Å². The molecule has 2 aromatic rings. The van der Waals surface area contributed by atoms with Crippen LogP contribution in [0.3, 0.4) is 0 Å². The van der Waals surface area contributed by atoms with Gasteiger partial charge < -0.3 is 14.2 Å². The van der Waals surface area contributed by atoms with Crippen LogP contribution in [-0.4, -0.2) is 35.9 Å². The highest BCUT2D eigenvalue weighted by Gasteiger charge is 2.16. The molecule has 0 atom stereocenters. The first-order chi connectivity index (χ1) is 9.49. The molecule has 0 bridgehead atoms. The molecular formula is C13H18N4O2S. The quantitative estimate of drug-likeness (QED) is 0.825. The smallest absolute Gasteiger partial charge is 0.313 e. The van der Waals surface area contributed by atoms with Crippen molar-refractivity contribution in [3.63, 3.8) is 0 Å². The molecule has 0 aromatic carbocycles. The Bertz CT molecular complexity index is 603. The molecule has 108 valence electrons. The van der Waals surface area contributed by atoms with Gasteiger partial charge in [0.25, 0.3) is 0 Å². The van der Waals surface area contributed by atoms with Gasteiger partial charge in [-0.05, 0) is 5.92 Å². The van der Waals surface area contributed by atoms with E-state index in [-0.39, 0.29) is 5.75 Å². The van der Waals surface area contributed by atoms with Crippen LogP contribution in [-0.2, 0) is 18.4 Å². The molecule has 0 aliphatic rings. The summed E-state index contributed by atoms with van der Waals surface area (Å²) in [5, 5.41) is 9.53. The van der Waals surface area contributed by atoms with Gasteiger partial charge in [0.15, 0.2) is 5.16 Å². The fourth-order valence-corrected chi connectivity index (χ4v) is 2.63. The van der Waals surface area contributed by atoms with Crippen LogP contribution in [0.4, 0.5) is 0 Å². The fraction of sp³-hybridized carbons (Fsp3) is 0.462. The van der Waals surface area contributed by atoms with E-state index in [2.05, 4.69) is 23.8 Å². The standard InChI is InChI=1S/C13H18N4O2S/c1-9(2)10-6-15-13(20-8-12(18)19)17(10)7-11-14-4-5-16(11)3/h4-6,9H,7-8H2,1-3H3,(H,18,19). The van der Waals surface area contributed by atoms with Crippen molar-refractivity contribution in [2.75, 3.05) is 5.75 Å². The summed E-state index contributed by atoms with van der Waals surface area (Å²) >= 11 is 1.24. The molecule has 7 heteroatoms. The average Bonchev–Trinajstić information content (AvgIpc) is 2.95. The Morgan fingerprint density at radius 1 is 1.45 bits per heavy atom. The van der Waals surface area contributed by atoms with Gasteiger partial charge in [-0.1, -0.05) is 25.6 Å². The van der Waals surface area contributed by atoms with Crippen LogP contribution in [0.2, 0.25) is 0 Å². The van der Waals surface area contributed by atoms with E-state index in [1.54, 1.807) is 6.20 Å². The van der Waals surface area contributed by atoms with E-state index in [0.717, 1.165) is 16.7 Å². The summed E-state index contributed by atoms with van der Waals surface area (Å²) in [5.41, 5.74) is 1.08. The zero-order valence-electron chi connectivity index (χ0n) is 11.8. The third kappa shape index (κ3) is 3.22. The summed E-state index contributed by atoms with van der Waals surface area (Å²) in [6, 6.07) is 0. The summed E-state index contributed by atoms with van der Waals surface area (Å²) in [4.78, 5) is 19.4. The molecule has 0 saturated heterocycles. The molecular weight excluding hydrogens is 276 g/mol. The maximum atomic E-state index is 10.7. The summed E-state index contributed by atoms with van der Waals surface area (Å²) in [7, 11) is 1.94. The number of imidazole rings is 2. The third-order valence-corrected chi connectivity index (χ3v) is 3.96. The van der Waals surface area contributed by atoms with Crippen molar-refractivity contribution in [1.82, 2.24) is 19.1 Å². The summed E-state index contributed by atoms with van der Waals surface area (Å²) in [6.45, 7) is 4.79. The lowest BCUT2D eigenvalue weighted by Gasteiger charge is -2.13. The number of aromatic nitrogens is 4. The number of carboxylic acids is 1. The first-order valence-corrected chi connectivity index (χ1v) is 7.33. The van der Waals surface area contributed by atoms with E-state index < -0.39 is 5.97 Å². The summed E-state index contributed by atoms with van der Waals surface area (Å²) in [5.74, 6) is 0.409. The van der Waals surface area contributed by atoms with Crippen molar-refractivity contribution < 1.29 is 9.90 Å². The predicted molar refractivity (Wildman–Crippen MR) is 77.0 cm³/mol. The number of thioether (sulfide) groups is 1. The Hall–Kier alpha value is -1.76. The zero-order chi connectivity index (χ0) is 14.7. The highest BCUT2D eigenvalue weighted by molar-refractivity contribution is 7.99. The number of carbonyl (C=O) groups is 1. The minimum Gasteiger partial charge on any atom is -0.481 e. The van der Waals surface area contributed by atoms with E-state index in [4.69, 9.17) is 5.11 Å². The van der Waals surface area contributed by atoms with Crippen LogP contribution in [0.5, 0.6) is 0 Å². The second kappa shape index (κ2) is 6.13. The maximum absolute atomic E-state index is 10.7.